The molecule has 0 amide bonds. The monoisotopic (exact) mass is 417 g/mol. The minimum absolute atomic E-state index is 0.302. The Morgan fingerprint density at radius 3 is 2.65 bits per heavy atom. The van der Waals surface area contributed by atoms with Gasteiger partial charge in [0.15, 0.2) is 0 Å². The molecule has 1 atom stereocenters. The minimum atomic E-state index is -0.758. The average Bonchev–Trinajstić information content (AvgIpc) is 2.99. The van der Waals surface area contributed by atoms with Crippen LogP contribution in [0.4, 0.5) is 0 Å². The van der Waals surface area contributed by atoms with E-state index in [4.69, 9.17) is 20.2 Å². The number of carbonyl (C=O) groups excluding carboxylic acids is 1. The van der Waals surface area contributed by atoms with Crippen LogP contribution in [-0.4, -0.2) is 35.1 Å². The molecular formula is C19H20BrN3O3. The van der Waals surface area contributed by atoms with Gasteiger partial charge in [0.1, 0.15) is 17.4 Å². The summed E-state index contributed by atoms with van der Waals surface area (Å²) in [6.07, 6.45) is 2.24. The van der Waals surface area contributed by atoms with E-state index in [2.05, 4.69) is 15.9 Å². The molecule has 136 valence electrons. The van der Waals surface area contributed by atoms with Crippen molar-refractivity contribution in [3.63, 3.8) is 0 Å². The Balaban J connectivity index is 2.07. The molecule has 7 heteroatoms. The normalized spacial score (nSPS) is 12.2. The zero-order valence-electron chi connectivity index (χ0n) is 14.6. The molecule has 1 aromatic carbocycles. The molecule has 2 heterocycles. The maximum absolute atomic E-state index is 12.0. The number of aromatic nitrogens is 2. The van der Waals surface area contributed by atoms with Crippen LogP contribution in [0, 0.1) is 0 Å². The fraction of sp³-hybridized carbons (Fsp3) is 0.263. The number of nitrogens with two attached hydrogens (primary N) is 1. The smallest absolute Gasteiger partial charge is 0.323 e. The predicted octanol–water partition coefficient (Wildman–Crippen LogP) is 3.21. The molecule has 0 spiro atoms. The zero-order chi connectivity index (χ0) is 18.7. The fourth-order valence-electron chi connectivity index (χ4n) is 2.78. The maximum atomic E-state index is 12.0. The Bertz CT molecular complexity index is 922. The highest BCUT2D eigenvalue weighted by Crippen LogP contribution is 2.28. The topological polar surface area (TPSA) is 78.8 Å². The second-order valence-corrected chi connectivity index (χ2v) is 6.69. The first-order valence-corrected chi connectivity index (χ1v) is 9.06. The third-order valence-electron chi connectivity index (χ3n) is 4.05. The number of carbonyl (C=O) groups is 1. The van der Waals surface area contributed by atoms with Crippen molar-refractivity contribution in [1.82, 2.24) is 9.38 Å². The minimum Gasteiger partial charge on any atom is -0.497 e. The van der Waals surface area contributed by atoms with Crippen molar-refractivity contribution < 1.29 is 14.3 Å². The first-order valence-electron chi connectivity index (χ1n) is 8.26. The second-order valence-electron chi connectivity index (χ2n) is 5.77. The van der Waals surface area contributed by atoms with E-state index in [1.165, 1.54) is 0 Å². The van der Waals surface area contributed by atoms with Gasteiger partial charge < -0.3 is 19.6 Å². The van der Waals surface area contributed by atoms with Crippen molar-refractivity contribution in [1.29, 1.82) is 0 Å². The Labute approximate surface area is 160 Å². The standard InChI is InChI=1S/C19H20BrN3O3/c1-3-26-19(24)15(21)10-16-18(12-4-7-14(25-2)8-5-12)22-17-9-6-13(20)11-23(16)17/h4-9,11,15H,3,10,21H2,1-2H3. The third-order valence-corrected chi connectivity index (χ3v) is 4.52. The van der Waals surface area contributed by atoms with Crippen molar-refractivity contribution in [3.05, 3.63) is 52.8 Å². The van der Waals surface area contributed by atoms with E-state index >= 15 is 0 Å². The summed E-state index contributed by atoms with van der Waals surface area (Å²) in [7, 11) is 1.63. The van der Waals surface area contributed by atoms with Crippen LogP contribution in [0.25, 0.3) is 16.9 Å². The Hall–Kier alpha value is -2.38. The van der Waals surface area contributed by atoms with Crippen LogP contribution in [0.15, 0.2) is 47.1 Å². The molecule has 0 saturated heterocycles. The first-order chi connectivity index (χ1) is 12.5. The zero-order valence-corrected chi connectivity index (χ0v) is 16.2. The Morgan fingerprint density at radius 1 is 1.27 bits per heavy atom. The molecule has 2 aromatic heterocycles. The van der Waals surface area contributed by atoms with E-state index in [9.17, 15) is 4.79 Å². The molecule has 0 radical (unpaired) electrons. The molecule has 3 aromatic rings. The molecule has 6 nitrogen and oxygen atoms in total. The van der Waals surface area contributed by atoms with Gasteiger partial charge in [-0.25, -0.2) is 4.98 Å². The quantitative estimate of drug-likeness (QED) is 0.622. The SMILES string of the molecule is CCOC(=O)C(N)Cc1c(-c2ccc(OC)cc2)nc2ccc(Br)cn12. The molecule has 0 bridgehead atoms. The summed E-state index contributed by atoms with van der Waals surface area (Å²) in [6.45, 7) is 2.06. The summed E-state index contributed by atoms with van der Waals surface area (Å²) in [6, 6.07) is 10.7. The van der Waals surface area contributed by atoms with Crippen LogP contribution in [0.5, 0.6) is 5.75 Å². The van der Waals surface area contributed by atoms with Crippen molar-refractivity contribution in [2.75, 3.05) is 13.7 Å². The highest BCUT2D eigenvalue weighted by Gasteiger charge is 2.22. The molecule has 0 aliphatic carbocycles. The van der Waals surface area contributed by atoms with Gasteiger partial charge in [0, 0.05) is 22.7 Å². The van der Waals surface area contributed by atoms with Gasteiger partial charge in [0.2, 0.25) is 0 Å². The van der Waals surface area contributed by atoms with E-state index in [1.807, 2.05) is 47.0 Å². The summed E-state index contributed by atoms with van der Waals surface area (Å²) in [4.78, 5) is 16.7. The van der Waals surface area contributed by atoms with Gasteiger partial charge >= 0.3 is 5.97 Å². The van der Waals surface area contributed by atoms with Crippen molar-refractivity contribution >= 4 is 27.5 Å². The largest absolute Gasteiger partial charge is 0.497 e. The number of imidazole rings is 1. The summed E-state index contributed by atoms with van der Waals surface area (Å²) in [5.41, 5.74) is 9.42. The highest BCUT2D eigenvalue weighted by atomic mass is 79.9. The number of ether oxygens (including phenoxy) is 2. The molecule has 3 rings (SSSR count). The van der Waals surface area contributed by atoms with Gasteiger partial charge in [-0.05, 0) is 59.3 Å². The van der Waals surface area contributed by atoms with Crippen LogP contribution in [0.2, 0.25) is 0 Å². The van der Waals surface area contributed by atoms with Crippen LogP contribution in [0.1, 0.15) is 12.6 Å². The van der Waals surface area contributed by atoms with E-state index < -0.39 is 12.0 Å². The number of benzene rings is 1. The Morgan fingerprint density at radius 2 is 2.00 bits per heavy atom. The molecule has 0 aliphatic heterocycles. The number of methoxy groups -OCH3 is 1. The molecule has 26 heavy (non-hydrogen) atoms. The second kappa shape index (κ2) is 7.88. The summed E-state index contributed by atoms with van der Waals surface area (Å²) in [5, 5.41) is 0. The first kappa shape index (κ1) is 18.4. The number of pyridine rings is 1. The molecule has 1 unspecified atom stereocenters. The van der Waals surface area contributed by atoms with Gasteiger partial charge in [-0.2, -0.15) is 0 Å². The maximum Gasteiger partial charge on any atom is 0.323 e. The van der Waals surface area contributed by atoms with Gasteiger partial charge in [-0.1, -0.05) is 0 Å². The predicted molar refractivity (Wildman–Crippen MR) is 103 cm³/mol. The number of halogens is 1. The van der Waals surface area contributed by atoms with Crippen LogP contribution in [0.3, 0.4) is 0 Å². The van der Waals surface area contributed by atoms with Gasteiger partial charge in [0.05, 0.1) is 25.1 Å². The highest BCUT2D eigenvalue weighted by molar-refractivity contribution is 9.10. The third kappa shape index (κ3) is 3.73. The van der Waals surface area contributed by atoms with E-state index in [-0.39, 0.29) is 0 Å². The van der Waals surface area contributed by atoms with Crippen LogP contribution in [-0.2, 0) is 16.0 Å². The van der Waals surface area contributed by atoms with E-state index in [0.29, 0.717) is 13.0 Å². The molecule has 0 fully saturated rings. The molecular weight excluding hydrogens is 398 g/mol. The summed E-state index contributed by atoms with van der Waals surface area (Å²) in [5.74, 6) is 0.350. The lowest BCUT2D eigenvalue weighted by molar-refractivity contribution is -0.144. The number of fused-ring (bicyclic) bond motifs is 1. The fourth-order valence-corrected chi connectivity index (χ4v) is 3.12. The Kier molecular flexibility index (Phi) is 5.58. The number of esters is 1. The van der Waals surface area contributed by atoms with Gasteiger partial charge in [-0.3, -0.25) is 4.79 Å². The lowest BCUT2D eigenvalue weighted by Crippen LogP contribution is -2.34. The summed E-state index contributed by atoms with van der Waals surface area (Å²) >= 11 is 3.48. The average molecular weight is 418 g/mol. The van der Waals surface area contributed by atoms with E-state index in [1.54, 1.807) is 14.0 Å². The molecule has 0 aliphatic rings. The number of hydrogen-bond acceptors (Lipinski definition) is 5. The van der Waals surface area contributed by atoms with E-state index in [0.717, 1.165) is 32.8 Å². The van der Waals surface area contributed by atoms with Crippen LogP contribution >= 0.6 is 15.9 Å². The molecule has 0 saturated carbocycles. The lowest BCUT2D eigenvalue weighted by Gasteiger charge is -2.12. The summed E-state index contributed by atoms with van der Waals surface area (Å²) < 4.78 is 13.1. The number of rotatable bonds is 6. The lowest BCUT2D eigenvalue weighted by atomic mass is 10.1. The van der Waals surface area contributed by atoms with Crippen molar-refractivity contribution in [2.45, 2.75) is 19.4 Å². The van der Waals surface area contributed by atoms with Gasteiger partial charge in [0.25, 0.3) is 0 Å². The van der Waals surface area contributed by atoms with Crippen LogP contribution < -0.4 is 10.5 Å². The number of hydrogen-bond donors (Lipinski definition) is 1. The van der Waals surface area contributed by atoms with Crippen molar-refractivity contribution in [2.24, 2.45) is 5.73 Å². The van der Waals surface area contributed by atoms with Crippen molar-refractivity contribution in [3.8, 4) is 17.0 Å². The molecule has 2 N–H and O–H groups in total. The number of nitrogens with zero attached hydrogens (tertiary/aromatic N) is 2. The van der Waals surface area contributed by atoms with Gasteiger partial charge in [-0.15, -0.1) is 0 Å².